The van der Waals surface area contributed by atoms with Crippen LogP contribution in [0.2, 0.25) is 0 Å². The number of carboxylic acids is 1. The number of likely N-dealkylation sites (N-methyl/N-ethyl adjacent to an activating group) is 2. The number of carboxylic acid groups (broad SMARTS) is 1. The number of nitrogen functional groups attached to an aromatic ring is 2. The van der Waals surface area contributed by atoms with Crippen molar-refractivity contribution in [1.82, 2.24) is 49.1 Å². The normalized spacial score (nSPS) is 15.4. The van der Waals surface area contributed by atoms with E-state index in [1.54, 1.807) is 18.5 Å². The summed E-state index contributed by atoms with van der Waals surface area (Å²) in [6.07, 6.45) is 11.3. The summed E-state index contributed by atoms with van der Waals surface area (Å²) >= 11 is 0. The first-order chi connectivity index (χ1) is 36.3. The summed E-state index contributed by atoms with van der Waals surface area (Å²) in [5, 5.41) is 13.3. The molecule has 1 amide bonds. The molecule has 0 aliphatic carbocycles. The molecular formula is C58H66N12O5. The zero-order valence-electron chi connectivity index (χ0n) is 43.4. The number of ether oxygens (including phenoxy) is 2. The molecule has 0 radical (unpaired) electrons. The third-order valence-electron chi connectivity index (χ3n) is 13.1. The largest absolute Gasteiger partial charge is 0.478 e. The van der Waals surface area contributed by atoms with Gasteiger partial charge in [-0.1, -0.05) is 72.8 Å². The van der Waals surface area contributed by atoms with E-state index in [9.17, 15) is 9.59 Å². The second-order valence-corrected chi connectivity index (χ2v) is 19.0. The molecule has 2 atom stereocenters. The maximum absolute atomic E-state index is 12.7. The molecule has 6 heterocycles. The summed E-state index contributed by atoms with van der Waals surface area (Å²) in [5.41, 5.74) is 20.8. The molecule has 0 bridgehead atoms. The van der Waals surface area contributed by atoms with Gasteiger partial charge in [-0.2, -0.15) is 0 Å². The number of aromatic nitrogens is 6. The second-order valence-electron chi connectivity index (χ2n) is 19.0. The van der Waals surface area contributed by atoms with Gasteiger partial charge in [0, 0.05) is 73.4 Å². The Bertz CT molecular complexity index is 3260. The van der Waals surface area contributed by atoms with E-state index in [0.717, 1.165) is 117 Å². The van der Waals surface area contributed by atoms with Crippen molar-refractivity contribution in [3.05, 3.63) is 158 Å². The van der Waals surface area contributed by atoms with Crippen molar-refractivity contribution in [2.75, 3.05) is 78.9 Å². The van der Waals surface area contributed by atoms with Crippen LogP contribution in [-0.4, -0.2) is 128 Å². The number of aliphatic carboxylic acids is 1. The van der Waals surface area contributed by atoms with E-state index in [-0.39, 0.29) is 11.9 Å². The minimum absolute atomic E-state index is 0.0434. The molecule has 75 heavy (non-hydrogen) atoms. The number of amides is 1. The van der Waals surface area contributed by atoms with Gasteiger partial charge in [-0.05, 0) is 121 Å². The van der Waals surface area contributed by atoms with E-state index in [4.69, 9.17) is 26.0 Å². The Hall–Kier alpha value is -8.38. The Morgan fingerprint density at radius 3 is 1.53 bits per heavy atom. The summed E-state index contributed by atoms with van der Waals surface area (Å²) in [4.78, 5) is 46.2. The molecule has 2 saturated heterocycles. The van der Waals surface area contributed by atoms with Crippen molar-refractivity contribution in [1.29, 1.82) is 0 Å². The van der Waals surface area contributed by atoms with Crippen LogP contribution in [0.25, 0.3) is 44.3 Å². The first-order valence-electron chi connectivity index (χ1n) is 25.0. The quantitative estimate of drug-likeness (QED) is 0.0750. The smallest absolute Gasteiger partial charge is 0.328 e. The highest BCUT2D eigenvalue weighted by Crippen LogP contribution is 2.42. The summed E-state index contributed by atoms with van der Waals surface area (Å²) in [5.74, 6) is 3.28. The highest BCUT2D eigenvalue weighted by Gasteiger charge is 2.31. The van der Waals surface area contributed by atoms with E-state index in [2.05, 4.69) is 60.4 Å². The van der Waals surface area contributed by atoms with Crippen LogP contribution in [0.3, 0.4) is 0 Å². The molecule has 6 N–H and O–H groups in total. The fourth-order valence-corrected chi connectivity index (χ4v) is 9.62. The lowest BCUT2D eigenvalue weighted by molar-refractivity contribution is -0.131. The molecule has 4 aromatic heterocycles. The summed E-state index contributed by atoms with van der Waals surface area (Å²) < 4.78 is 16.5. The molecule has 2 aliphatic heterocycles. The summed E-state index contributed by atoms with van der Waals surface area (Å²) in [7, 11) is 7.73. The van der Waals surface area contributed by atoms with Crippen molar-refractivity contribution < 1.29 is 24.2 Å². The Morgan fingerprint density at radius 2 is 1.09 bits per heavy atom. The minimum Gasteiger partial charge on any atom is -0.478 e. The topological polar surface area (TPSA) is 208 Å². The molecule has 17 nitrogen and oxygen atoms in total. The van der Waals surface area contributed by atoms with Crippen LogP contribution in [0.4, 0.5) is 11.6 Å². The fourth-order valence-electron chi connectivity index (χ4n) is 9.62. The Labute approximate surface area is 437 Å². The maximum Gasteiger partial charge on any atom is 0.328 e. The number of benzene rings is 4. The van der Waals surface area contributed by atoms with Gasteiger partial charge in [0.25, 0.3) is 0 Å². The predicted octanol–water partition coefficient (Wildman–Crippen LogP) is 9.18. The van der Waals surface area contributed by atoms with Gasteiger partial charge in [-0.15, -0.1) is 0 Å². The number of anilines is 2. The SMILES string of the molecule is CN(C)C/C=C/C(=O)O.Cc1c(-c2ccc(Oc3ccccc3)cc2)c2c(N)ncnc2n1[C@@H]1CCN(C(=O)/C=C/CN(C)C)C1.Cc1c(-c2ccc(Oc3ccccc3)cc2)c2c(N)ncnc2n1[C@@H]1CCNC1. The predicted molar refractivity (Wildman–Crippen MR) is 297 cm³/mol. The Balaban J connectivity index is 0.000000175. The monoisotopic (exact) mass is 1010 g/mol. The van der Waals surface area contributed by atoms with Crippen LogP contribution in [0.1, 0.15) is 36.3 Å². The van der Waals surface area contributed by atoms with Gasteiger partial charge in [0.1, 0.15) is 58.6 Å². The molecule has 0 unspecified atom stereocenters. The molecule has 10 rings (SSSR count). The van der Waals surface area contributed by atoms with Crippen LogP contribution in [0, 0.1) is 13.8 Å². The van der Waals surface area contributed by atoms with Gasteiger partial charge >= 0.3 is 5.97 Å². The van der Waals surface area contributed by atoms with Crippen molar-refractivity contribution in [2.24, 2.45) is 0 Å². The van der Waals surface area contributed by atoms with Crippen LogP contribution in [-0.2, 0) is 9.59 Å². The number of nitrogens with one attached hydrogen (secondary N) is 1. The van der Waals surface area contributed by atoms with Gasteiger partial charge in [0.2, 0.25) is 5.91 Å². The number of nitrogens with zero attached hydrogens (tertiary/aromatic N) is 9. The highest BCUT2D eigenvalue weighted by atomic mass is 16.5. The van der Waals surface area contributed by atoms with E-state index in [0.29, 0.717) is 37.3 Å². The third kappa shape index (κ3) is 12.9. The van der Waals surface area contributed by atoms with E-state index < -0.39 is 5.97 Å². The van der Waals surface area contributed by atoms with Crippen LogP contribution in [0.15, 0.2) is 146 Å². The van der Waals surface area contributed by atoms with Gasteiger partial charge in [-0.3, -0.25) is 4.79 Å². The summed E-state index contributed by atoms with van der Waals surface area (Å²) in [6, 6.07) is 36.1. The number of para-hydroxylation sites is 2. The number of rotatable bonds is 14. The minimum atomic E-state index is -0.892. The van der Waals surface area contributed by atoms with Crippen LogP contribution < -0.4 is 26.3 Å². The van der Waals surface area contributed by atoms with Gasteiger partial charge < -0.3 is 55.2 Å². The van der Waals surface area contributed by atoms with E-state index in [1.165, 1.54) is 6.33 Å². The number of hydrogen-bond donors (Lipinski definition) is 4. The second kappa shape index (κ2) is 24.6. The number of likely N-dealkylation sites (tertiary alicyclic amines) is 1. The first kappa shape index (κ1) is 52.9. The molecule has 4 aromatic carbocycles. The molecule has 17 heteroatoms. The van der Waals surface area contributed by atoms with Gasteiger partial charge in [0.15, 0.2) is 0 Å². The highest BCUT2D eigenvalue weighted by molar-refractivity contribution is 6.03. The molecule has 2 aliphatic rings. The first-order valence-corrected chi connectivity index (χ1v) is 25.0. The number of fused-ring (bicyclic) bond motifs is 2. The van der Waals surface area contributed by atoms with Gasteiger partial charge in [0.05, 0.1) is 16.8 Å². The lowest BCUT2D eigenvalue weighted by Gasteiger charge is -2.18. The van der Waals surface area contributed by atoms with Crippen LogP contribution >= 0.6 is 0 Å². The molecule has 0 saturated carbocycles. The molecular weight excluding hydrogens is 945 g/mol. The molecule has 8 aromatic rings. The van der Waals surface area contributed by atoms with Crippen LogP contribution in [0.5, 0.6) is 23.0 Å². The number of hydrogen-bond acceptors (Lipinski definition) is 13. The number of carbonyl (C=O) groups excluding carboxylic acids is 1. The lowest BCUT2D eigenvalue weighted by atomic mass is 10.0. The van der Waals surface area contributed by atoms with E-state index >= 15 is 0 Å². The third-order valence-corrected chi connectivity index (χ3v) is 13.1. The van der Waals surface area contributed by atoms with Crippen molar-refractivity contribution in [3.63, 3.8) is 0 Å². The van der Waals surface area contributed by atoms with Crippen molar-refractivity contribution >= 4 is 45.6 Å². The Kier molecular flexibility index (Phi) is 17.3. The summed E-state index contributed by atoms with van der Waals surface area (Å²) in [6.45, 7) is 8.93. The maximum atomic E-state index is 12.7. The van der Waals surface area contributed by atoms with Gasteiger partial charge in [-0.25, -0.2) is 24.7 Å². The lowest BCUT2D eigenvalue weighted by Crippen LogP contribution is -2.27. The average Bonchev–Trinajstić information content (AvgIpc) is 4.22. The average molecular weight is 1010 g/mol. The zero-order valence-corrected chi connectivity index (χ0v) is 43.4. The van der Waals surface area contributed by atoms with Crippen molar-refractivity contribution in [3.8, 4) is 45.3 Å². The molecule has 0 spiro atoms. The zero-order chi connectivity index (χ0) is 53.0. The Morgan fingerprint density at radius 1 is 0.640 bits per heavy atom. The van der Waals surface area contributed by atoms with Crippen molar-refractivity contribution in [2.45, 2.75) is 38.8 Å². The molecule has 2 fully saturated rings. The van der Waals surface area contributed by atoms with E-state index in [1.807, 2.05) is 146 Å². The molecule has 388 valence electrons. The standard InChI is InChI=1S/C29H32N6O2.C23H23N5O.C6H11NO2/c1-20-26(21-11-13-24(14-12-21)37-23-8-5-4-6-9-23)27-28(30)31-19-32-29(27)35(20)22-15-17-34(18-22)25(36)10-7-16-33(2)3;1-15-20(16-7-9-19(10-8-16)29-18-5-3-2-4-6-18)21-22(24)26-14-27-23(21)28(15)17-11-12-25-13-17;1-7(2)5-3-4-6(8)9/h4-14,19,22H,15-18H2,1-3H3,(H2,30,31,32);2-10,14,17,25H,11-13H2,1H3,(H2,24,26,27);3-4H,5H2,1-2H3,(H,8,9)/b10-7+;;4-3+/t22-;17-;/m11./s1. The fraction of sp³-hybridized carbons (Fsp3) is 0.276. The number of carbonyl (C=O) groups is 2. The number of nitrogens with two attached hydrogens (primary N) is 2.